The van der Waals surface area contributed by atoms with Gasteiger partial charge in [-0.3, -0.25) is 14.8 Å². The summed E-state index contributed by atoms with van der Waals surface area (Å²) in [6, 6.07) is 8.23. The van der Waals surface area contributed by atoms with E-state index in [2.05, 4.69) is 26.4 Å². The van der Waals surface area contributed by atoms with Gasteiger partial charge in [0.25, 0.3) is 0 Å². The molecule has 0 unspecified atom stereocenters. The van der Waals surface area contributed by atoms with Crippen molar-refractivity contribution in [3.63, 3.8) is 0 Å². The summed E-state index contributed by atoms with van der Waals surface area (Å²) in [7, 11) is 1.50. The largest absolute Gasteiger partial charge is 0.493 e. The zero-order valence-corrected chi connectivity index (χ0v) is 22.5. The summed E-state index contributed by atoms with van der Waals surface area (Å²) in [6.45, 7) is 2.06. The summed E-state index contributed by atoms with van der Waals surface area (Å²) in [5, 5.41) is 19.3. The first kappa shape index (κ1) is 29.3. The van der Waals surface area contributed by atoms with E-state index in [1.807, 2.05) is 4.90 Å². The number of primary amides is 1. The van der Waals surface area contributed by atoms with Gasteiger partial charge in [-0.1, -0.05) is 5.92 Å². The van der Waals surface area contributed by atoms with Crippen molar-refractivity contribution in [1.29, 1.82) is 0 Å². The quantitative estimate of drug-likeness (QED) is 0.182. The van der Waals surface area contributed by atoms with E-state index in [4.69, 9.17) is 21.6 Å². The average molecular weight is 568 g/mol. The van der Waals surface area contributed by atoms with Crippen molar-refractivity contribution in [2.45, 2.75) is 12.8 Å². The van der Waals surface area contributed by atoms with Crippen LogP contribution in [0.4, 0.5) is 26.0 Å². The van der Waals surface area contributed by atoms with Crippen LogP contribution in [-0.4, -0.2) is 78.6 Å². The molecule has 0 radical (unpaired) electrons. The maximum absolute atomic E-state index is 14.2. The van der Waals surface area contributed by atoms with E-state index in [1.165, 1.54) is 19.2 Å². The molecule has 2 aromatic carbocycles. The van der Waals surface area contributed by atoms with Crippen LogP contribution in [0.5, 0.6) is 11.5 Å². The number of aromatic amines is 1. The summed E-state index contributed by atoms with van der Waals surface area (Å²) in [5.41, 5.74) is 7.19. The highest BCUT2D eigenvalue weighted by molar-refractivity contribution is 6.16. The molecule has 0 atom stereocenters. The second-order valence-corrected chi connectivity index (χ2v) is 9.17. The second kappa shape index (κ2) is 13.6. The third-order valence-electron chi connectivity index (χ3n) is 6.20. The molecule has 1 aromatic heterocycles. The number of benzene rings is 2. The highest BCUT2D eigenvalue weighted by Gasteiger charge is 2.27. The van der Waals surface area contributed by atoms with Crippen molar-refractivity contribution >= 4 is 28.9 Å². The maximum atomic E-state index is 14.2. The molecular formula is C28H31F2N7O4. The number of hydrogen-bond donors (Lipinski definition) is 4. The Balaban J connectivity index is 1.66. The first-order valence-electron chi connectivity index (χ1n) is 12.8. The van der Waals surface area contributed by atoms with Crippen LogP contribution < -0.4 is 25.4 Å². The number of aliphatic imine (C=N–C) groups is 1. The molecule has 1 aliphatic heterocycles. The lowest BCUT2D eigenvalue weighted by Gasteiger charge is -2.33. The molecule has 0 spiro atoms. The van der Waals surface area contributed by atoms with Crippen LogP contribution in [-0.2, 0) is 11.2 Å². The maximum Gasteiger partial charge on any atom is 0.223 e. The first-order chi connectivity index (χ1) is 19.8. The Morgan fingerprint density at radius 3 is 2.68 bits per heavy atom. The lowest BCUT2D eigenvalue weighted by atomic mass is 10.1. The Hall–Kier alpha value is -4.67. The van der Waals surface area contributed by atoms with Gasteiger partial charge in [-0.15, -0.1) is 6.42 Å². The number of amides is 1. The van der Waals surface area contributed by atoms with Crippen molar-refractivity contribution in [1.82, 2.24) is 15.1 Å². The van der Waals surface area contributed by atoms with Gasteiger partial charge in [0.2, 0.25) is 5.91 Å². The normalized spacial score (nSPS) is 13.6. The number of nitrogens with zero attached hydrogens (tertiary/aromatic N) is 4. The molecule has 2 heterocycles. The molecule has 3 aromatic rings. The van der Waals surface area contributed by atoms with Crippen LogP contribution in [0.25, 0.3) is 0 Å². The minimum atomic E-state index is -0.741. The monoisotopic (exact) mass is 567 g/mol. The van der Waals surface area contributed by atoms with Gasteiger partial charge in [0.1, 0.15) is 17.5 Å². The number of carbonyl (C=O) groups excluding carboxylic acids is 1. The van der Waals surface area contributed by atoms with Crippen LogP contribution in [0.1, 0.15) is 17.7 Å². The highest BCUT2D eigenvalue weighted by atomic mass is 19.1. The predicted molar refractivity (Wildman–Crippen MR) is 150 cm³/mol. The molecule has 11 nitrogen and oxygen atoms in total. The number of nitrogens with two attached hydrogens (primary N) is 1. The molecule has 13 heteroatoms. The van der Waals surface area contributed by atoms with Gasteiger partial charge in [-0.2, -0.15) is 5.10 Å². The average Bonchev–Trinajstić information content (AvgIpc) is 3.36. The van der Waals surface area contributed by atoms with Crippen LogP contribution in [0.2, 0.25) is 0 Å². The zero-order chi connectivity index (χ0) is 29.4. The lowest BCUT2D eigenvalue weighted by Crippen LogP contribution is -2.40. The molecule has 1 aliphatic rings. The molecule has 0 saturated carbocycles. The fourth-order valence-electron chi connectivity index (χ4n) is 4.38. The Labute approximate surface area is 235 Å². The number of nitrogens with one attached hydrogen (secondary N) is 2. The molecular weight excluding hydrogens is 536 g/mol. The number of amidine groups is 1. The Bertz CT molecular complexity index is 1430. The van der Waals surface area contributed by atoms with E-state index in [1.54, 1.807) is 23.1 Å². The van der Waals surface area contributed by atoms with Gasteiger partial charge in [0, 0.05) is 42.5 Å². The summed E-state index contributed by atoms with van der Waals surface area (Å²) >= 11 is 0. The summed E-state index contributed by atoms with van der Waals surface area (Å²) in [4.78, 5) is 19.5. The van der Waals surface area contributed by atoms with Crippen LogP contribution in [0.15, 0.2) is 41.4 Å². The Morgan fingerprint density at radius 1 is 1.22 bits per heavy atom. The lowest BCUT2D eigenvalue weighted by molar-refractivity contribution is -0.117. The van der Waals surface area contributed by atoms with E-state index in [9.17, 15) is 18.7 Å². The minimum absolute atomic E-state index is 0.0146. The number of terminal acetylenes is 1. The molecule has 216 valence electrons. The molecule has 5 N–H and O–H groups in total. The number of halogens is 2. The number of aliphatic hydroxyl groups is 1. The number of rotatable bonds is 13. The number of aliphatic hydroxyl groups excluding tert-OH is 1. The molecule has 0 bridgehead atoms. The SMILES string of the molecule is C#CCN(CCO)CCCOc1cc2c(cc1OC)C(=Nc1cc(CC(N)=O)[nH]n1)N(c1cc(F)cc(F)c1)CN2. The molecule has 41 heavy (non-hydrogen) atoms. The van der Waals surface area contributed by atoms with Crippen molar-refractivity contribution < 1.29 is 28.2 Å². The van der Waals surface area contributed by atoms with Crippen molar-refractivity contribution in [2.24, 2.45) is 10.7 Å². The van der Waals surface area contributed by atoms with Crippen LogP contribution in [0.3, 0.4) is 0 Å². The van der Waals surface area contributed by atoms with E-state index >= 15 is 0 Å². The third kappa shape index (κ3) is 7.50. The van der Waals surface area contributed by atoms with E-state index in [0.29, 0.717) is 66.9 Å². The summed E-state index contributed by atoms with van der Waals surface area (Å²) < 4.78 is 39.9. The number of carbonyl (C=O) groups is 1. The smallest absolute Gasteiger partial charge is 0.223 e. The topological polar surface area (TPSA) is 141 Å². The van der Waals surface area contributed by atoms with E-state index < -0.39 is 17.5 Å². The number of fused-ring (bicyclic) bond motifs is 1. The first-order valence-corrected chi connectivity index (χ1v) is 12.8. The number of H-pyrrole nitrogens is 1. The van der Waals surface area contributed by atoms with Gasteiger partial charge in [0.15, 0.2) is 17.3 Å². The fraction of sp³-hybridized carbons (Fsp3) is 0.321. The molecule has 4 rings (SSSR count). The molecule has 0 aliphatic carbocycles. The number of hydrogen-bond acceptors (Lipinski definition) is 8. The molecule has 1 amide bonds. The standard InChI is InChI=1S/C28H31F2N7O4/c1-3-5-36(7-8-38)6-4-9-41-25-16-23-22(15-24(25)40-2)28(33-27-14-20(34-35-27)13-26(31)39)37(17-32-23)21-11-18(29)10-19(30)12-21/h1,10-12,14-16,32,38H,4-9,13,17H2,2H3,(H2,31,39)(H,34,35). The Kier molecular flexibility index (Phi) is 9.73. The van der Waals surface area contributed by atoms with Crippen molar-refractivity contribution in [3.05, 3.63) is 59.3 Å². The van der Waals surface area contributed by atoms with Gasteiger partial charge in [-0.05, 0) is 24.6 Å². The molecule has 0 fully saturated rings. The number of aromatic nitrogens is 2. The number of methoxy groups -OCH3 is 1. The van der Waals surface area contributed by atoms with Gasteiger partial charge < -0.3 is 30.5 Å². The van der Waals surface area contributed by atoms with Crippen LogP contribution >= 0.6 is 0 Å². The van der Waals surface area contributed by atoms with E-state index in [0.717, 1.165) is 6.07 Å². The minimum Gasteiger partial charge on any atom is -0.493 e. The van der Waals surface area contributed by atoms with Crippen molar-refractivity contribution in [2.75, 3.05) is 56.8 Å². The highest BCUT2D eigenvalue weighted by Crippen LogP contribution is 2.38. The van der Waals surface area contributed by atoms with Crippen LogP contribution in [0, 0.1) is 24.0 Å². The van der Waals surface area contributed by atoms with E-state index in [-0.39, 0.29) is 31.2 Å². The molecule has 0 saturated heterocycles. The summed E-state index contributed by atoms with van der Waals surface area (Å²) in [5.74, 6) is 2.03. The Morgan fingerprint density at radius 2 is 2.00 bits per heavy atom. The fourth-order valence-corrected chi connectivity index (χ4v) is 4.38. The number of anilines is 2. The summed E-state index contributed by atoms with van der Waals surface area (Å²) in [6.07, 6.45) is 6.01. The predicted octanol–water partition coefficient (Wildman–Crippen LogP) is 2.39. The van der Waals surface area contributed by atoms with Crippen molar-refractivity contribution in [3.8, 4) is 23.8 Å². The van der Waals surface area contributed by atoms with Gasteiger partial charge in [-0.25, -0.2) is 13.8 Å². The zero-order valence-electron chi connectivity index (χ0n) is 22.5. The van der Waals surface area contributed by atoms with Gasteiger partial charge in [0.05, 0.1) is 51.3 Å². The third-order valence-corrected chi connectivity index (χ3v) is 6.20. The van der Waals surface area contributed by atoms with Gasteiger partial charge >= 0.3 is 0 Å². The number of ether oxygens (including phenoxy) is 2. The second-order valence-electron chi connectivity index (χ2n) is 9.17.